The van der Waals surface area contributed by atoms with Crippen LogP contribution in [0, 0.1) is 20.8 Å². The van der Waals surface area contributed by atoms with Crippen molar-refractivity contribution in [2.45, 2.75) is 33.7 Å². The average Bonchev–Trinajstić information content (AvgIpc) is 2.96. The molecule has 3 rings (SSSR count). The van der Waals surface area contributed by atoms with Crippen LogP contribution in [0.4, 0.5) is 5.69 Å². The van der Waals surface area contributed by atoms with E-state index in [2.05, 4.69) is 20.3 Å². The zero-order chi connectivity index (χ0) is 16.6. The summed E-state index contributed by atoms with van der Waals surface area (Å²) < 4.78 is 1.58. The molecule has 0 saturated heterocycles. The second-order valence-corrected chi connectivity index (χ2v) is 5.64. The van der Waals surface area contributed by atoms with E-state index < -0.39 is 0 Å². The third-order valence-electron chi connectivity index (χ3n) is 3.93. The number of carbonyl (C=O) groups is 1. The fraction of sp³-hybridized carbons (Fsp3) is 0.312. The van der Waals surface area contributed by atoms with E-state index in [1.807, 2.05) is 39.0 Å². The Bertz CT molecular complexity index is 932. The van der Waals surface area contributed by atoms with Crippen LogP contribution in [0.1, 0.15) is 23.6 Å². The van der Waals surface area contributed by atoms with Crippen LogP contribution in [0.2, 0.25) is 0 Å². The van der Waals surface area contributed by atoms with E-state index in [4.69, 9.17) is 0 Å². The molecule has 0 atom stereocenters. The van der Waals surface area contributed by atoms with Crippen LogP contribution < -0.4 is 11.0 Å². The van der Waals surface area contributed by atoms with Crippen molar-refractivity contribution >= 4 is 22.6 Å². The number of imidazole rings is 2. The highest BCUT2D eigenvalue weighted by molar-refractivity contribution is 5.93. The van der Waals surface area contributed by atoms with Crippen molar-refractivity contribution in [2.24, 2.45) is 0 Å². The van der Waals surface area contributed by atoms with E-state index in [1.165, 1.54) is 0 Å². The van der Waals surface area contributed by atoms with E-state index in [0.717, 1.165) is 28.2 Å². The number of hydrogen-bond acceptors (Lipinski definition) is 3. The Morgan fingerprint density at radius 3 is 2.74 bits per heavy atom. The lowest BCUT2D eigenvalue weighted by atomic mass is 10.2. The largest absolute Gasteiger partial charge is 0.342 e. The Kier molecular flexibility index (Phi) is 3.77. The highest BCUT2D eigenvalue weighted by Gasteiger charge is 2.09. The molecular weight excluding hydrogens is 294 g/mol. The van der Waals surface area contributed by atoms with Crippen LogP contribution in [-0.4, -0.2) is 25.4 Å². The Labute approximate surface area is 132 Å². The first-order valence-electron chi connectivity index (χ1n) is 7.46. The fourth-order valence-electron chi connectivity index (χ4n) is 2.59. The van der Waals surface area contributed by atoms with Gasteiger partial charge in [-0.3, -0.25) is 9.36 Å². The minimum Gasteiger partial charge on any atom is -0.342 e. The predicted octanol–water partition coefficient (Wildman–Crippen LogP) is 2.01. The Morgan fingerprint density at radius 2 is 2.04 bits per heavy atom. The Balaban J connectivity index is 1.67. The standard InChI is InChI=1S/C16H19N5O2/c1-9-10(2)21(16(23)17-9)7-6-15(22)20-12-4-5-13-14(8-12)19-11(3)18-13/h4-5,8H,6-7H2,1-3H3,(H,17,23)(H,18,19)(H,20,22). The molecule has 2 aromatic heterocycles. The summed E-state index contributed by atoms with van der Waals surface area (Å²) in [4.78, 5) is 34.0. The van der Waals surface area contributed by atoms with Gasteiger partial charge in [-0.15, -0.1) is 0 Å². The summed E-state index contributed by atoms with van der Waals surface area (Å²) >= 11 is 0. The second kappa shape index (κ2) is 5.75. The highest BCUT2D eigenvalue weighted by atomic mass is 16.2. The zero-order valence-corrected chi connectivity index (χ0v) is 13.4. The molecule has 0 unspecified atom stereocenters. The monoisotopic (exact) mass is 313 g/mol. The van der Waals surface area contributed by atoms with Gasteiger partial charge >= 0.3 is 5.69 Å². The summed E-state index contributed by atoms with van der Waals surface area (Å²) in [5.41, 5.74) is 3.97. The first kappa shape index (κ1) is 15.1. The summed E-state index contributed by atoms with van der Waals surface area (Å²) in [7, 11) is 0. The number of anilines is 1. The van der Waals surface area contributed by atoms with E-state index in [0.29, 0.717) is 12.2 Å². The quantitative estimate of drug-likeness (QED) is 0.687. The van der Waals surface area contributed by atoms with Crippen LogP contribution >= 0.6 is 0 Å². The fourth-order valence-corrected chi connectivity index (χ4v) is 2.59. The molecule has 1 aromatic carbocycles. The molecule has 1 amide bonds. The number of rotatable bonds is 4. The maximum Gasteiger partial charge on any atom is 0.325 e. The van der Waals surface area contributed by atoms with E-state index in [9.17, 15) is 9.59 Å². The third kappa shape index (κ3) is 3.03. The van der Waals surface area contributed by atoms with Crippen LogP contribution in [0.25, 0.3) is 11.0 Å². The van der Waals surface area contributed by atoms with Gasteiger partial charge in [0.15, 0.2) is 0 Å². The lowest BCUT2D eigenvalue weighted by Crippen LogP contribution is -2.22. The average molecular weight is 313 g/mol. The summed E-state index contributed by atoms with van der Waals surface area (Å²) in [5, 5.41) is 2.85. The number of amides is 1. The number of carbonyl (C=O) groups excluding carboxylic acids is 1. The zero-order valence-electron chi connectivity index (χ0n) is 13.4. The van der Waals surface area contributed by atoms with Crippen LogP contribution in [-0.2, 0) is 11.3 Å². The van der Waals surface area contributed by atoms with Gasteiger partial charge in [0.05, 0.1) is 11.0 Å². The molecule has 0 spiro atoms. The van der Waals surface area contributed by atoms with Gasteiger partial charge in [0.1, 0.15) is 5.82 Å². The number of nitrogens with one attached hydrogen (secondary N) is 3. The topological polar surface area (TPSA) is 95.6 Å². The maximum absolute atomic E-state index is 12.1. The van der Waals surface area contributed by atoms with Gasteiger partial charge in [0.2, 0.25) is 5.91 Å². The van der Waals surface area contributed by atoms with Gasteiger partial charge in [-0.25, -0.2) is 9.78 Å². The molecule has 2 heterocycles. The molecule has 0 aliphatic rings. The van der Waals surface area contributed by atoms with E-state index >= 15 is 0 Å². The van der Waals surface area contributed by atoms with Crippen molar-refractivity contribution in [3.63, 3.8) is 0 Å². The Morgan fingerprint density at radius 1 is 1.26 bits per heavy atom. The number of aromatic amines is 2. The summed E-state index contributed by atoms with van der Waals surface area (Å²) in [6.45, 7) is 5.94. The SMILES string of the molecule is Cc1nc2ccc(NC(=O)CCn3c(C)c(C)[nH]c3=O)cc2[nH]1. The summed E-state index contributed by atoms with van der Waals surface area (Å²) in [5.74, 6) is 0.701. The number of benzene rings is 1. The third-order valence-corrected chi connectivity index (χ3v) is 3.93. The molecule has 120 valence electrons. The van der Waals surface area contributed by atoms with Gasteiger partial charge in [0, 0.05) is 30.0 Å². The van der Waals surface area contributed by atoms with Crippen LogP contribution in [0.5, 0.6) is 0 Å². The first-order chi connectivity index (χ1) is 10.9. The van der Waals surface area contributed by atoms with Crippen molar-refractivity contribution in [2.75, 3.05) is 5.32 Å². The van der Waals surface area contributed by atoms with Crippen LogP contribution in [0.3, 0.4) is 0 Å². The van der Waals surface area contributed by atoms with Gasteiger partial charge in [-0.05, 0) is 39.0 Å². The molecule has 0 aliphatic heterocycles. The molecular formula is C16H19N5O2. The summed E-state index contributed by atoms with van der Waals surface area (Å²) in [6, 6.07) is 5.53. The molecule has 0 radical (unpaired) electrons. The lowest BCUT2D eigenvalue weighted by Gasteiger charge is -2.07. The number of aryl methyl sites for hydroxylation is 2. The van der Waals surface area contributed by atoms with Gasteiger partial charge in [0.25, 0.3) is 0 Å². The van der Waals surface area contributed by atoms with Crippen LogP contribution in [0.15, 0.2) is 23.0 Å². The van der Waals surface area contributed by atoms with Crippen molar-refractivity contribution in [3.8, 4) is 0 Å². The molecule has 0 saturated carbocycles. The van der Waals surface area contributed by atoms with Crippen molar-refractivity contribution < 1.29 is 4.79 Å². The van der Waals surface area contributed by atoms with Crippen molar-refractivity contribution in [1.29, 1.82) is 0 Å². The molecule has 7 heteroatoms. The van der Waals surface area contributed by atoms with Crippen molar-refractivity contribution in [3.05, 3.63) is 45.9 Å². The maximum atomic E-state index is 12.1. The molecule has 0 bridgehead atoms. The molecule has 7 nitrogen and oxygen atoms in total. The first-order valence-corrected chi connectivity index (χ1v) is 7.46. The lowest BCUT2D eigenvalue weighted by molar-refractivity contribution is -0.116. The number of hydrogen-bond donors (Lipinski definition) is 3. The minimum absolute atomic E-state index is 0.134. The smallest absolute Gasteiger partial charge is 0.325 e. The van der Waals surface area contributed by atoms with Gasteiger partial charge in [-0.2, -0.15) is 0 Å². The Hall–Kier alpha value is -2.83. The number of nitrogens with zero attached hydrogens (tertiary/aromatic N) is 2. The molecule has 0 aliphatic carbocycles. The minimum atomic E-state index is -0.179. The summed E-state index contributed by atoms with van der Waals surface area (Å²) in [6.07, 6.45) is 0.234. The molecule has 0 fully saturated rings. The normalized spacial score (nSPS) is 11.1. The number of aromatic nitrogens is 4. The second-order valence-electron chi connectivity index (χ2n) is 5.64. The van der Waals surface area contributed by atoms with Gasteiger partial charge < -0.3 is 15.3 Å². The number of H-pyrrole nitrogens is 2. The van der Waals surface area contributed by atoms with E-state index in [1.54, 1.807) is 4.57 Å². The molecule has 23 heavy (non-hydrogen) atoms. The van der Waals surface area contributed by atoms with Crippen molar-refractivity contribution in [1.82, 2.24) is 19.5 Å². The highest BCUT2D eigenvalue weighted by Crippen LogP contribution is 2.17. The molecule has 3 N–H and O–H groups in total. The van der Waals surface area contributed by atoms with E-state index in [-0.39, 0.29) is 18.0 Å². The van der Waals surface area contributed by atoms with Gasteiger partial charge in [-0.1, -0.05) is 0 Å². The molecule has 3 aromatic rings. The number of fused-ring (bicyclic) bond motifs is 1. The predicted molar refractivity (Wildman–Crippen MR) is 88.6 cm³/mol.